The van der Waals surface area contributed by atoms with Crippen LogP contribution in [0.25, 0.3) is 5.76 Å². The number of ketones is 1. The third kappa shape index (κ3) is 3.22. The van der Waals surface area contributed by atoms with Gasteiger partial charge < -0.3 is 10.2 Å². The van der Waals surface area contributed by atoms with Gasteiger partial charge >= 0.3 is 0 Å². The number of rotatable bonds is 3. The highest BCUT2D eigenvalue weighted by Crippen LogP contribution is 2.43. The molecule has 0 bridgehead atoms. The molecule has 0 saturated carbocycles. The monoisotopic (exact) mass is 403 g/mol. The first-order valence-electron chi connectivity index (χ1n) is 9.30. The smallest absolute Gasteiger partial charge is 0.300 e. The van der Waals surface area contributed by atoms with E-state index in [1.165, 1.54) is 42.5 Å². The summed E-state index contributed by atoms with van der Waals surface area (Å²) in [7, 11) is 0. The van der Waals surface area contributed by atoms with Gasteiger partial charge in [0.2, 0.25) is 0 Å². The number of benzene rings is 3. The van der Waals surface area contributed by atoms with Crippen LogP contribution in [0.1, 0.15) is 22.7 Å². The Morgan fingerprint density at radius 1 is 0.933 bits per heavy atom. The molecule has 0 radical (unpaired) electrons. The lowest BCUT2D eigenvalue weighted by molar-refractivity contribution is -0.132. The number of amides is 1. The van der Waals surface area contributed by atoms with Crippen LogP contribution in [-0.4, -0.2) is 21.9 Å². The zero-order chi connectivity index (χ0) is 21.4. The Morgan fingerprint density at radius 3 is 2.20 bits per heavy atom. The van der Waals surface area contributed by atoms with Crippen molar-refractivity contribution in [2.75, 3.05) is 4.90 Å². The maximum absolute atomic E-state index is 14.7. The highest BCUT2D eigenvalue weighted by molar-refractivity contribution is 6.51. The van der Waals surface area contributed by atoms with E-state index in [-0.39, 0.29) is 22.6 Å². The molecule has 1 saturated heterocycles. The topological polar surface area (TPSA) is 77.8 Å². The average Bonchev–Trinajstić information content (AvgIpc) is 3.00. The Labute approximate surface area is 172 Å². The quantitative estimate of drug-likeness (QED) is 0.384. The number of aromatic hydroxyl groups is 1. The van der Waals surface area contributed by atoms with Crippen LogP contribution in [0.2, 0.25) is 0 Å². The molecule has 1 aliphatic heterocycles. The molecule has 1 amide bonds. The van der Waals surface area contributed by atoms with E-state index in [9.17, 15) is 24.2 Å². The molecule has 2 N–H and O–H groups in total. The molecule has 150 valence electrons. The Kier molecular flexibility index (Phi) is 4.83. The van der Waals surface area contributed by atoms with Crippen LogP contribution in [0.4, 0.5) is 10.1 Å². The molecular formula is C24H18FNO4. The largest absolute Gasteiger partial charge is 0.508 e. The summed E-state index contributed by atoms with van der Waals surface area (Å²) in [6.45, 7) is 1.88. The molecule has 30 heavy (non-hydrogen) atoms. The van der Waals surface area contributed by atoms with Gasteiger partial charge in [0.05, 0.1) is 11.6 Å². The number of Topliss-reactive ketones (excluding diaryl/α,β-unsaturated/α-hetero) is 1. The molecule has 6 heteroatoms. The molecule has 0 aliphatic carbocycles. The molecule has 0 spiro atoms. The highest BCUT2D eigenvalue weighted by Gasteiger charge is 2.47. The molecule has 4 rings (SSSR count). The molecule has 1 aliphatic rings. The Balaban J connectivity index is 1.96. The summed E-state index contributed by atoms with van der Waals surface area (Å²) in [6.07, 6.45) is 0. The minimum Gasteiger partial charge on any atom is -0.508 e. The Hall–Kier alpha value is -3.93. The number of aliphatic hydroxyl groups is 1. The van der Waals surface area contributed by atoms with Gasteiger partial charge in [-0.2, -0.15) is 0 Å². The summed E-state index contributed by atoms with van der Waals surface area (Å²) in [5.41, 5.74) is 1.50. The number of halogens is 1. The van der Waals surface area contributed by atoms with Gasteiger partial charge in [0.15, 0.2) is 0 Å². The van der Waals surface area contributed by atoms with E-state index < -0.39 is 23.5 Å². The second kappa shape index (κ2) is 7.48. The maximum Gasteiger partial charge on any atom is 0.300 e. The van der Waals surface area contributed by atoms with Crippen molar-refractivity contribution in [2.24, 2.45) is 0 Å². The molecule has 3 aromatic carbocycles. The van der Waals surface area contributed by atoms with Crippen molar-refractivity contribution in [3.63, 3.8) is 0 Å². The number of hydrogen-bond donors (Lipinski definition) is 2. The van der Waals surface area contributed by atoms with Gasteiger partial charge in [-0.05, 0) is 37.3 Å². The van der Waals surface area contributed by atoms with Gasteiger partial charge in [-0.15, -0.1) is 0 Å². The van der Waals surface area contributed by atoms with E-state index in [4.69, 9.17) is 0 Å². The van der Waals surface area contributed by atoms with Gasteiger partial charge in [0.1, 0.15) is 17.3 Å². The lowest BCUT2D eigenvalue weighted by Crippen LogP contribution is -2.29. The first-order chi connectivity index (χ1) is 14.4. The predicted molar refractivity (Wildman–Crippen MR) is 110 cm³/mol. The number of anilines is 1. The zero-order valence-corrected chi connectivity index (χ0v) is 16.0. The molecule has 5 nitrogen and oxygen atoms in total. The fraction of sp³-hybridized carbons (Fsp3) is 0.0833. The van der Waals surface area contributed by atoms with Crippen molar-refractivity contribution >= 4 is 23.1 Å². The normalized spacial score (nSPS) is 18.1. The summed E-state index contributed by atoms with van der Waals surface area (Å²) in [4.78, 5) is 27.0. The third-order valence-electron chi connectivity index (χ3n) is 5.10. The van der Waals surface area contributed by atoms with Crippen LogP contribution in [0, 0.1) is 12.7 Å². The first kappa shape index (κ1) is 19.4. The van der Waals surface area contributed by atoms with Gasteiger partial charge in [0, 0.05) is 16.8 Å². The number of aliphatic hydroxyl groups excluding tert-OH is 1. The number of carbonyl (C=O) groups is 2. The number of phenols is 1. The fourth-order valence-electron chi connectivity index (χ4n) is 3.57. The Morgan fingerprint density at radius 2 is 1.57 bits per heavy atom. The van der Waals surface area contributed by atoms with E-state index in [0.717, 1.165) is 10.5 Å². The van der Waals surface area contributed by atoms with Crippen LogP contribution in [0.5, 0.6) is 5.75 Å². The van der Waals surface area contributed by atoms with Crippen molar-refractivity contribution in [1.82, 2.24) is 0 Å². The predicted octanol–water partition coefficient (Wildman–Crippen LogP) is 4.47. The SMILES string of the molecule is Cc1ccc(C(O)=C2C(=O)C(=O)N(c3ccc(O)cc3)[C@@H]2c2ccccc2F)cc1. The highest BCUT2D eigenvalue weighted by atomic mass is 19.1. The number of phenolic OH excluding ortho intramolecular Hbond substituents is 1. The number of hydrogen-bond acceptors (Lipinski definition) is 4. The van der Waals surface area contributed by atoms with Crippen molar-refractivity contribution in [1.29, 1.82) is 0 Å². The van der Waals surface area contributed by atoms with Crippen LogP contribution in [0.15, 0.2) is 78.4 Å². The van der Waals surface area contributed by atoms with Gasteiger partial charge in [-0.1, -0.05) is 48.0 Å². The molecule has 3 aromatic rings. The van der Waals surface area contributed by atoms with Crippen LogP contribution in [0.3, 0.4) is 0 Å². The van der Waals surface area contributed by atoms with E-state index in [1.807, 2.05) is 6.92 Å². The summed E-state index contributed by atoms with van der Waals surface area (Å²) in [5.74, 6) is -2.79. The maximum atomic E-state index is 14.7. The van der Waals surface area contributed by atoms with E-state index in [0.29, 0.717) is 11.3 Å². The molecule has 0 aromatic heterocycles. The summed E-state index contributed by atoms with van der Waals surface area (Å²) in [5, 5.41) is 20.5. The number of carbonyl (C=O) groups excluding carboxylic acids is 2. The van der Waals surface area contributed by atoms with Gasteiger partial charge in [-0.3, -0.25) is 14.5 Å². The first-order valence-corrected chi connectivity index (χ1v) is 9.30. The van der Waals surface area contributed by atoms with Crippen LogP contribution >= 0.6 is 0 Å². The fourth-order valence-corrected chi connectivity index (χ4v) is 3.57. The third-order valence-corrected chi connectivity index (χ3v) is 5.10. The van der Waals surface area contributed by atoms with E-state index in [2.05, 4.69) is 0 Å². The van der Waals surface area contributed by atoms with Crippen molar-refractivity contribution in [3.05, 3.63) is 101 Å². The lowest BCUT2D eigenvalue weighted by atomic mass is 9.94. The minimum absolute atomic E-state index is 0.0163. The van der Waals surface area contributed by atoms with Crippen molar-refractivity contribution < 1.29 is 24.2 Å². The second-order valence-corrected chi connectivity index (χ2v) is 7.07. The number of aryl methyl sites for hydroxylation is 1. The Bertz CT molecular complexity index is 1170. The second-order valence-electron chi connectivity index (χ2n) is 7.07. The minimum atomic E-state index is -1.16. The summed E-state index contributed by atoms with van der Waals surface area (Å²) < 4.78 is 14.7. The molecule has 1 atom stereocenters. The average molecular weight is 403 g/mol. The molecular weight excluding hydrogens is 385 g/mol. The van der Waals surface area contributed by atoms with Crippen LogP contribution in [-0.2, 0) is 9.59 Å². The van der Waals surface area contributed by atoms with Crippen molar-refractivity contribution in [3.8, 4) is 5.75 Å². The molecule has 0 unspecified atom stereocenters. The summed E-state index contributed by atoms with van der Waals surface area (Å²) >= 11 is 0. The van der Waals surface area contributed by atoms with Crippen LogP contribution < -0.4 is 4.90 Å². The van der Waals surface area contributed by atoms with E-state index >= 15 is 0 Å². The number of nitrogens with zero attached hydrogens (tertiary/aromatic N) is 1. The molecule has 1 fully saturated rings. The zero-order valence-electron chi connectivity index (χ0n) is 16.0. The van der Waals surface area contributed by atoms with Gasteiger partial charge in [0.25, 0.3) is 11.7 Å². The van der Waals surface area contributed by atoms with Gasteiger partial charge in [-0.25, -0.2) is 4.39 Å². The lowest BCUT2D eigenvalue weighted by Gasteiger charge is -2.25. The molecule has 1 heterocycles. The van der Waals surface area contributed by atoms with Crippen molar-refractivity contribution in [2.45, 2.75) is 13.0 Å². The standard InChI is InChI=1S/C24H18FNO4/c1-14-6-8-15(9-7-14)22(28)20-21(18-4-2-3-5-19(18)25)26(24(30)23(20)29)16-10-12-17(27)13-11-16/h2-13,21,27-28H,1H3/t21-/m1/s1. The van der Waals surface area contributed by atoms with E-state index in [1.54, 1.807) is 30.3 Å². The summed E-state index contributed by atoms with van der Waals surface area (Å²) in [6, 6.07) is 17.1.